The number of hydrogen-bond acceptors (Lipinski definition) is 8. The van der Waals surface area contributed by atoms with E-state index in [0.29, 0.717) is 16.8 Å². The van der Waals surface area contributed by atoms with E-state index < -0.39 is 34.5 Å². The minimum atomic E-state index is -1.08. The summed E-state index contributed by atoms with van der Waals surface area (Å²) in [6.07, 6.45) is -1.08. The molecule has 12 heteroatoms. The fourth-order valence-corrected chi connectivity index (χ4v) is 3.99. The quantitative estimate of drug-likeness (QED) is 0.203. The fraction of sp³-hybridized carbons (Fsp3) is 0.154. The highest BCUT2D eigenvalue weighted by atomic mass is 35.5. The van der Waals surface area contributed by atoms with Gasteiger partial charge in [-0.15, -0.1) is 5.10 Å². The second kappa shape index (κ2) is 10.7. The van der Waals surface area contributed by atoms with Crippen LogP contribution in [0.3, 0.4) is 0 Å². The number of nitrogens with one attached hydrogen (secondary N) is 1. The van der Waals surface area contributed by atoms with Crippen molar-refractivity contribution in [3.05, 3.63) is 98.1 Å². The summed E-state index contributed by atoms with van der Waals surface area (Å²) in [5.74, 6) is -2.27. The third kappa shape index (κ3) is 5.62. The van der Waals surface area contributed by atoms with Gasteiger partial charge in [0, 0.05) is 41.8 Å². The number of carbonyl (C=O) groups excluding carboxylic acids is 3. The van der Waals surface area contributed by atoms with Gasteiger partial charge < -0.3 is 14.8 Å². The van der Waals surface area contributed by atoms with Crippen LogP contribution in [0.1, 0.15) is 47.1 Å². The molecule has 2 amide bonds. The molecular formula is C26H21ClN4O7. The summed E-state index contributed by atoms with van der Waals surface area (Å²) in [5.41, 5.74) is 1.64. The topological polar surface area (TPSA) is 140 Å². The van der Waals surface area contributed by atoms with Crippen molar-refractivity contribution in [2.75, 3.05) is 5.32 Å². The highest BCUT2D eigenvalue weighted by Crippen LogP contribution is 2.39. The van der Waals surface area contributed by atoms with Gasteiger partial charge in [-0.1, -0.05) is 41.4 Å². The molecule has 0 fully saturated rings. The van der Waals surface area contributed by atoms with Gasteiger partial charge in [0.1, 0.15) is 0 Å². The highest BCUT2D eigenvalue weighted by Gasteiger charge is 2.36. The number of ether oxygens (including phenoxy) is 2. The summed E-state index contributed by atoms with van der Waals surface area (Å²) >= 11 is 6.09. The van der Waals surface area contributed by atoms with Crippen LogP contribution in [0.25, 0.3) is 0 Å². The van der Waals surface area contributed by atoms with E-state index >= 15 is 0 Å². The number of carbonyl (C=O) groups is 3. The van der Waals surface area contributed by atoms with E-state index in [1.165, 1.54) is 13.0 Å². The number of benzene rings is 3. The molecule has 1 atom stereocenters. The van der Waals surface area contributed by atoms with E-state index in [1.54, 1.807) is 42.5 Å². The van der Waals surface area contributed by atoms with E-state index in [-0.39, 0.29) is 22.4 Å². The average molecular weight is 537 g/mol. The van der Waals surface area contributed by atoms with E-state index in [2.05, 4.69) is 10.4 Å². The standard InChI is InChI=1S/C26H21ClN4O7/c1-14-6-4-7-17(10-14)24(34)28-20-9-5-8-18(11-20)26-30(15(2)32)29-25(38-26)21-12-19(27)13-22(31(35)36)23(21)37-16(3)33/h4-13,26H,1-3H3,(H,28,34)/t26-/m1/s1. The van der Waals surface area contributed by atoms with Gasteiger partial charge in [-0.3, -0.25) is 24.5 Å². The summed E-state index contributed by atoms with van der Waals surface area (Å²) in [4.78, 5) is 47.7. The van der Waals surface area contributed by atoms with Crippen molar-refractivity contribution in [2.24, 2.45) is 5.10 Å². The van der Waals surface area contributed by atoms with Crippen LogP contribution in [0.15, 0.2) is 65.8 Å². The minimum absolute atomic E-state index is 0.0346. The van der Waals surface area contributed by atoms with Gasteiger partial charge in [-0.05, 0) is 37.3 Å². The van der Waals surface area contributed by atoms with Crippen molar-refractivity contribution in [1.82, 2.24) is 5.01 Å². The van der Waals surface area contributed by atoms with Gasteiger partial charge in [-0.2, -0.15) is 5.01 Å². The van der Waals surface area contributed by atoms with Crippen LogP contribution in [-0.4, -0.2) is 33.6 Å². The molecule has 0 aliphatic carbocycles. The van der Waals surface area contributed by atoms with Crippen LogP contribution in [0.2, 0.25) is 5.02 Å². The van der Waals surface area contributed by atoms with E-state index in [4.69, 9.17) is 21.1 Å². The molecule has 0 saturated carbocycles. The number of esters is 1. The number of nitro groups is 1. The van der Waals surface area contributed by atoms with Crippen LogP contribution in [0.4, 0.5) is 11.4 Å². The maximum atomic E-state index is 12.7. The molecule has 1 N–H and O–H groups in total. The third-order valence-corrected chi connectivity index (χ3v) is 5.60. The smallest absolute Gasteiger partial charge is 0.314 e. The highest BCUT2D eigenvalue weighted by molar-refractivity contribution is 6.31. The van der Waals surface area contributed by atoms with Crippen LogP contribution in [-0.2, 0) is 14.3 Å². The molecule has 194 valence electrons. The fourth-order valence-electron chi connectivity index (χ4n) is 3.78. The second-order valence-electron chi connectivity index (χ2n) is 8.34. The van der Waals surface area contributed by atoms with Crippen molar-refractivity contribution in [3.8, 4) is 5.75 Å². The summed E-state index contributed by atoms with van der Waals surface area (Å²) in [5, 5.41) is 19.6. The predicted molar refractivity (Wildman–Crippen MR) is 138 cm³/mol. The number of nitrogens with zero attached hydrogens (tertiary/aromatic N) is 3. The normalized spacial score (nSPS) is 14.4. The zero-order valence-electron chi connectivity index (χ0n) is 20.4. The Morgan fingerprint density at radius 1 is 1.11 bits per heavy atom. The summed E-state index contributed by atoms with van der Waals surface area (Å²) in [7, 11) is 0. The van der Waals surface area contributed by atoms with Gasteiger partial charge in [0.15, 0.2) is 0 Å². The Kier molecular flexibility index (Phi) is 7.40. The molecule has 0 saturated heterocycles. The lowest BCUT2D eigenvalue weighted by atomic mass is 10.1. The maximum Gasteiger partial charge on any atom is 0.314 e. The molecular weight excluding hydrogens is 516 g/mol. The Morgan fingerprint density at radius 2 is 1.84 bits per heavy atom. The van der Waals surface area contributed by atoms with Crippen LogP contribution in [0, 0.1) is 17.0 Å². The Balaban J connectivity index is 1.68. The Labute approximate surface area is 221 Å². The van der Waals surface area contributed by atoms with Crippen molar-refractivity contribution in [1.29, 1.82) is 0 Å². The molecule has 3 aromatic rings. The lowest BCUT2D eigenvalue weighted by Gasteiger charge is -2.20. The Hall–Kier alpha value is -4.77. The molecule has 0 aromatic heterocycles. The number of hydrogen-bond donors (Lipinski definition) is 1. The molecule has 38 heavy (non-hydrogen) atoms. The van der Waals surface area contributed by atoms with Crippen molar-refractivity contribution < 1.29 is 28.8 Å². The number of aryl methyl sites for hydroxylation is 1. The van der Waals surface area contributed by atoms with Crippen molar-refractivity contribution >= 4 is 46.7 Å². The molecule has 11 nitrogen and oxygen atoms in total. The van der Waals surface area contributed by atoms with Crippen molar-refractivity contribution in [3.63, 3.8) is 0 Å². The average Bonchev–Trinajstić information content (AvgIpc) is 3.30. The SMILES string of the molecule is CC(=O)Oc1c(C2=NN(C(C)=O)[C@@H](c3cccc(NC(=O)c4cccc(C)c4)c3)O2)cc(Cl)cc1[N+](=O)[O-]. The molecule has 1 heterocycles. The second-order valence-corrected chi connectivity index (χ2v) is 8.78. The molecule has 0 spiro atoms. The number of amides is 2. The lowest BCUT2D eigenvalue weighted by molar-refractivity contribution is -0.385. The first-order valence-electron chi connectivity index (χ1n) is 11.2. The summed E-state index contributed by atoms with van der Waals surface area (Å²) in [6, 6.07) is 16.0. The molecule has 0 radical (unpaired) electrons. The van der Waals surface area contributed by atoms with Crippen molar-refractivity contribution in [2.45, 2.75) is 27.0 Å². The molecule has 1 aliphatic rings. The van der Waals surface area contributed by atoms with Gasteiger partial charge in [0.2, 0.25) is 23.8 Å². The van der Waals surface area contributed by atoms with Crippen LogP contribution in [0.5, 0.6) is 5.75 Å². The van der Waals surface area contributed by atoms with E-state index in [9.17, 15) is 24.5 Å². The third-order valence-electron chi connectivity index (χ3n) is 5.38. The monoisotopic (exact) mass is 536 g/mol. The Bertz CT molecular complexity index is 1500. The number of nitro benzene ring substituents is 1. The van der Waals surface area contributed by atoms with Crippen LogP contribution < -0.4 is 10.1 Å². The number of rotatable bonds is 6. The van der Waals surface area contributed by atoms with Gasteiger partial charge in [-0.25, -0.2) is 0 Å². The molecule has 3 aromatic carbocycles. The molecule has 0 unspecified atom stereocenters. The molecule has 0 bridgehead atoms. The van der Waals surface area contributed by atoms with E-state index in [1.807, 2.05) is 13.0 Å². The first-order chi connectivity index (χ1) is 18.0. The van der Waals surface area contributed by atoms with Gasteiger partial charge in [0.05, 0.1) is 10.5 Å². The lowest BCUT2D eigenvalue weighted by Crippen LogP contribution is -2.25. The Morgan fingerprint density at radius 3 is 2.50 bits per heavy atom. The largest absolute Gasteiger partial charge is 0.446 e. The zero-order chi connectivity index (χ0) is 27.6. The molecule has 1 aliphatic heterocycles. The van der Waals surface area contributed by atoms with Gasteiger partial charge >= 0.3 is 11.7 Å². The zero-order valence-corrected chi connectivity index (χ0v) is 21.2. The van der Waals surface area contributed by atoms with E-state index in [0.717, 1.165) is 23.6 Å². The summed E-state index contributed by atoms with van der Waals surface area (Å²) < 4.78 is 11.1. The maximum absolute atomic E-state index is 12.7. The number of hydrazone groups is 1. The van der Waals surface area contributed by atoms with Gasteiger partial charge in [0.25, 0.3) is 5.91 Å². The number of anilines is 1. The number of halogens is 1. The predicted octanol–water partition coefficient (Wildman–Crippen LogP) is 4.97. The summed E-state index contributed by atoms with van der Waals surface area (Å²) in [6.45, 7) is 4.23. The van der Waals surface area contributed by atoms with Crippen LogP contribution >= 0.6 is 11.6 Å². The first-order valence-corrected chi connectivity index (χ1v) is 11.6. The molecule has 4 rings (SSSR count). The first kappa shape index (κ1) is 26.3. The minimum Gasteiger partial charge on any atom is -0.446 e.